The predicted octanol–water partition coefficient (Wildman–Crippen LogP) is 2.20. The highest BCUT2D eigenvalue weighted by Gasteiger charge is 2.36. The van der Waals surface area contributed by atoms with Gasteiger partial charge >= 0.3 is 0 Å². The van der Waals surface area contributed by atoms with E-state index in [1.54, 1.807) is 4.90 Å². The molecule has 1 aliphatic heterocycles. The molecule has 1 aliphatic carbocycles. The molecule has 146 valence electrons. The number of carbonyl (C=O) groups excluding carboxylic acids is 3. The van der Waals surface area contributed by atoms with E-state index in [4.69, 9.17) is 0 Å². The van der Waals surface area contributed by atoms with E-state index in [1.165, 1.54) is 0 Å². The van der Waals surface area contributed by atoms with E-state index in [-0.39, 0.29) is 36.0 Å². The molecule has 2 unspecified atom stereocenters. The van der Waals surface area contributed by atoms with Crippen LogP contribution >= 0.6 is 0 Å². The van der Waals surface area contributed by atoms with Crippen molar-refractivity contribution >= 4 is 23.4 Å². The molecule has 1 aromatic rings. The minimum absolute atomic E-state index is 0.00654. The number of rotatable bonds is 8. The fourth-order valence-corrected chi connectivity index (χ4v) is 3.49. The van der Waals surface area contributed by atoms with E-state index < -0.39 is 0 Å². The lowest BCUT2D eigenvalue weighted by atomic mass is 9.96. The molecule has 1 saturated carbocycles. The van der Waals surface area contributed by atoms with Crippen LogP contribution in [0.2, 0.25) is 0 Å². The first kappa shape index (κ1) is 19.4. The summed E-state index contributed by atoms with van der Waals surface area (Å²) in [5, 5.41) is 5.68. The third-order valence-electron chi connectivity index (χ3n) is 5.54. The van der Waals surface area contributed by atoms with Crippen LogP contribution in [0.3, 0.4) is 0 Å². The number of nitrogens with zero attached hydrogens (tertiary/aromatic N) is 1. The van der Waals surface area contributed by atoms with Crippen molar-refractivity contribution < 1.29 is 14.4 Å². The number of anilines is 1. The summed E-state index contributed by atoms with van der Waals surface area (Å²) in [6, 6.07) is 7.95. The minimum Gasteiger partial charge on any atom is -0.354 e. The second-order valence-corrected chi connectivity index (χ2v) is 7.63. The number of hydrogen-bond donors (Lipinski definition) is 2. The summed E-state index contributed by atoms with van der Waals surface area (Å²) >= 11 is 0. The Morgan fingerprint density at radius 3 is 2.37 bits per heavy atom. The topological polar surface area (TPSA) is 78.5 Å². The van der Waals surface area contributed by atoms with Gasteiger partial charge in [0.1, 0.15) is 0 Å². The Kier molecular flexibility index (Phi) is 6.14. The van der Waals surface area contributed by atoms with Crippen LogP contribution in [-0.2, 0) is 14.4 Å². The van der Waals surface area contributed by atoms with E-state index in [2.05, 4.69) is 30.5 Å². The number of nitrogens with one attached hydrogen (secondary N) is 2. The Morgan fingerprint density at radius 1 is 1.11 bits per heavy atom. The first-order chi connectivity index (χ1) is 13.0. The third kappa shape index (κ3) is 4.67. The van der Waals surface area contributed by atoms with Crippen molar-refractivity contribution in [2.75, 3.05) is 24.5 Å². The summed E-state index contributed by atoms with van der Waals surface area (Å²) < 4.78 is 0. The Labute approximate surface area is 160 Å². The molecule has 3 amide bonds. The molecule has 1 aromatic carbocycles. The summed E-state index contributed by atoms with van der Waals surface area (Å²) in [6.07, 6.45) is 3.16. The van der Waals surface area contributed by atoms with Crippen molar-refractivity contribution in [3.63, 3.8) is 0 Å². The molecule has 2 N–H and O–H groups in total. The summed E-state index contributed by atoms with van der Waals surface area (Å²) in [5.41, 5.74) is 2.07. The van der Waals surface area contributed by atoms with Crippen LogP contribution in [-0.4, -0.2) is 37.4 Å². The largest absolute Gasteiger partial charge is 0.354 e. The molecule has 2 atom stereocenters. The molecule has 2 fully saturated rings. The van der Waals surface area contributed by atoms with Gasteiger partial charge in [-0.2, -0.15) is 0 Å². The highest BCUT2D eigenvalue weighted by Crippen LogP contribution is 2.33. The molecule has 0 bridgehead atoms. The molecule has 27 heavy (non-hydrogen) atoms. The monoisotopic (exact) mass is 371 g/mol. The Balaban J connectivity index is 1.54. The van der Waals surface area contributed by atoms with Gasteiger partial charge < -0.3 is 15.5 Å². The zero-order chi connectivity index (χ0) is 19.4. The average molecular weight is 371 g/mol. The summed E-state index contributed by atoms with van der Waals surface area (Å²) in [4.78, 5) is 38.3. The van der Waals surface area contributed by atoms with Crippen molar-refractivity contribution in [3.8, 4) is 0 Å². The van der Waals surface area contributed by atoms with Crippen LogP contribution in [0.15, 0.2) is 24.3 Å². The van der Waals surface area contributed by atoms with Gasteiger partial charge in [-0.3, -0.25) is 14.4 Å². The lowest BCUT2D eigenvalue weighted by Crippen LogP contribution is -2.38. The average Bonchev–Trinajstić information content (AvgIpc) is 3.46. The zero-order valence-electron chi connectivity index (χ0n) is 16.2. The maximum absolute atomic E-state index is 12.5. The molecular weight excluding hydrogens is 342 g/mol. The normalized spacial score (nSPS) is 20.4. The lowest BCUT2D eigenvalue weighted by Gasteiger charge is -2.23. The molecule has 0 aromatic heterocycles. The lowest BCUT2D eigenvalue weighted by molar-refractivity contribution is -0.126. The number of amides is 3. The van der Waals surface area contributed by atoms with Gasteiger partial charge in [-0.1, -0.05) is 32.0 Å². The van der Waals surface area contributed by atoms with E-state index in [1.807, 2.05) is 18.2 Å². The maximum Gasteiger partial charge on any atom is 0.227 e. The van der Waals surface area contributed by atoms with E-state index in [9.17, 15) is 14.4 Å². The van der Waals surface area contributed by atoms with Gasteiger partial charge in [0.25, 0.3) is 0 Å². The first-order valence-corrected chi connectivity index (χ1v) is 9.96. The van der Waals surface area contributed by atoms with Gasteiger partial charge in [0.2, 0.25) is 17.7 Å². The van der Waals surface area contributed by atoms with E-state index in [0.717, 1.165) is 30.5 Å². The maximum atomic E-state index is 12.5. The van der Waals surface area contributed by atoms with Gasteiger partial charge in [-0.15, -0.1) is 0 Å². The van der Waals surface area contributed by atoms with Crippen molar-refractivity contribution in [2.45, 2.75) is 45.4 Å². The Morgan fingerprint density at radius 2 is 1.74 bits per heavy atom. The van der Waals surface area contributed by atoms with Crippen molar-refractivity contribution in [3.05, 3.63) is 29.8 Å². The van der Waals surface area contributed by atoms with Crippen LogP contribution in [0.5, 0.6) is 0 Å². The molecule has 2 aliphatic rings. The van der Waals surface area contributed by atoms with Gasteiger partial charge in [0.05, 0.1) is 5.92 Å². The number of para-hydroxylation sites is 1. The van der Waals surface area contributed by atoms with Gasteiger partial charge in [0.15, 0.2) is 0 Å². The van der Waals surface area contributed by atoms with Crippen LogP contribution in [0.25, 0.3) is 0 Å². The molecule has 6 heteroatoms. The van der Waals surface area contributed by atoms with Crippen LogP contribution in [0.1, 0.15) is 51.0 Å². The molecule has 0 radical (unpaired) electrons. The van der Waals surface area contributed by atoms with Crippen LogP contribution < -0.4 is 15.5 Å². The van der Waals surface area contributed by atoms with Crippen molar-refractivity contribution in [2.24, 2.45) is 11.8 Å². The minimum atomic E-state index is -0.346. The quantitative estimate of drug-likeness (QED) is 0.688. The summed E-state index contributed by atoms with van der Waals surface area (Å²) in [5.74, 6) is 0.138. The first-order valence-electron chi connectivity index (χ1n) is 9.96. The standard InChI is InChI=1S/C21H29N3O3/c1-3-14(2)17-6-4-5-7-18(17)24-13-16(12-19(24)25)21(27)23-11-10-22-20(26)15-8-9-15/h4-7,14-16H,3,8-13H2,1-2H3,(H,22,26)(H,23,27). The van der Waals surface area contributed by atoms with Gasteiger partial charge in [-0.05, 0) is 36.8 Å². The third-order valence-corrected chi connectivity index (χ3v) is 5.54. The van der Waals surface area contributed by atoms with E-state index in [0.29, 0.717) is 25.6 Å². The van der Waals surface area contributed by atoms with Gasteiger partial charge in [0, 0.05) is 37.7 Å². The molecule has 1 saturated heterocycles. The highest BCUT2D eigenvalue weighted by molar-refractivity contribution is 6.00. The SMILES string of the molecule is CCC(C)c1ccccc1N1CC(C(=O)NCCNC(=O)C2CC2)CC1=O. The van der Waals surface area contributed by atoms with E-state index >= 15 is 0 Å². The highest BCUT2D eigenvalue weighted by atomic mass is 16.2. The fourth-order valence-electron chi connectivity index (χ4n) is 3.49. The second-order valence-electron chi connectivity index (χ2n) is 7.63. The number of benzene rings is 1. The van der Waals surface area contributed by atoms with Crippen LogP contribution in [0.4, 0.5) is 5.69 Å². The summed E-state index contributed by atoms with van der Waals surface area (Å²) in [6.45, 7) is 5.52. The molecular formula is C21H29N3O3. The predicted molar refractivity (Wildman–Crippen MR) is 104 cm³/mol. The Bertz CT molecular complexity index is 714. The molecule has 3 rings (SSSR count). The number of carbonyl (C=O) groups is 3. The molecule has 1 heterocycles. The summed E-state index contributed by atoms with van der Waals surface area (Å²) in [7, 11) is 0. The molecule has 6 nitrogen and oxygen atoms in total. The van der Waals surface area contributed by atoms with Gasteiger partial charge in [-0.25, -0.2) is 0 Å². The Hall–Kier alpha value is -2.37. The smallest absolute Gasteiger partial charge is 0.227 e. The van der Waals surface area contributed by atoms with Crippen molar-refractivity contribution in [1.29, 1.82) is 0 Å². The zero-order valence-corrected chi connectivity index (χ0v) is 16.2. The molecule has 0 spiro atoms. The van der Waals surface area contributed by atoms with Crippen LogP contribution in [0, 0.1) is 11.8 Å². The fraction of sp³-hybridized carbons (Fsp3) is 0.571. The second kappa shape index (κ2) is 8.55. The van der Waals surface area contributed by atoms with Crippen molar-refractivity contribution in [1.82, 2.24) is 10.6 Å². The number of hydrogen-bond acceptors (Lipinski definition) is 3.